The molecule has 0 unspecified atom stereocenters. The van der Waals surface area contributed by atoms with E-state index in [1.54, 1.807) is 18.6 Å². The number of alkyl halides is 1. The van der Waals surface area contributed by atoms with E-state index in [0.29, 0.717) is 31.0 Å². The van der Waals surface area contributed by atoms with Crippen molar-refractivity contribution in [2.24, 2.45) is 0 Å². The third-order valence-electron chi connectivity index (χ3n) is 4.48. The number of rotatable bonds is 5. The molecule has 0 aliphatic carbocycles. The van der Waals surface area contributed by atoms with Crippen molar-refractivity contribution < 1.29 is 9.13 Å². The maximum Gasteiger partial charge on any atom is 0.145 e. The van der Waals surface area contributed by atoms with Gasteiger partial charge >= 0.3 is 0 Å². The minimum Gasteiger partial charge on any atom is -0.491 e. The normalized spacial score (nSPS) is 20.1. The second kappa shape index (κ2) is 7.48. The van der Waals surface area contributed by atoms with Gasteiger partial charge in [-0.3, -0.25) is 9.38 Å². The summed E-state index contributed by atoms with van der Waals surface area (Å²) >= 11 is 0. The number of nitrogens with one attached hydrogen (secondary N) is 2. The smallest absolute Gasteiger partial charge is 0.145 e. The summed E-state index contributed by atoms with van der Waals surface area (Å²) in [5, 5.41) is 6.34. The van der Waals surface area contributed by atoms with Crippen LogP contribution in [0.4, 0.5) is 10.2 Å². The molecule has 0 spiro atoms. The van der Waals surface area contributed by atoms with Crippen molar-refractivity contribution in [3.63, 3.8) is 0 Å². The SMILES string of the molecule is CC(C)Oc1ccn2c(-c3cncc(N[C@H]4CNCC[C@@H]4F)n3)cnc2c1. The van der Waals surface area contributed by atoms with Gasteiger partial charge in [0.25, 0.3) is 0 Å². The average molecular weight is 370 g/mol. The fourth-order valence-corrected chi connectivity index (χ4v) is 3.21. The van der Waals surface area contributed by atoms with E-state index < -0.39 is 6.17 Å². The van der Waals surface area contributed by atoms with E-state index in [2.05, 4.69) is 25.6 Å². The summed E-state index contributed by atoms with van der Waals surface area (Å²) in [5.41, 5.74) is 2.25. The number of ether oxygens (including phenoxy) is 1. The molecule has 4 heterocycles. The fourth-order valence-electron chi connectivity index (χ4n) is 3.21. The van der Waals surface area contributed by atoms with Crippen LogP contribution in [0, 0.1) is 0 Å². The minimum atomic E-state index is -0.896. The van der Waals surface area contributed by atoms with Gasteiger partial charge in [0, 0.05) is 18.8 Å². The summed E-state index contributed by atoms with van der Waals surface area (Å²) in [6.07, 6.45) is 6.65. The molecule has 0 radical (unpaired) electrons. The molecule has 7 nitrogen and oxygen atoms in total. The highest BCUT2D eigenvalue weighted by Gasteiger charge is 2.24. The van der Waals surface area contributed by atoms with Gasteiger partial charge in [-0.05, 0) is 32.9 Å². The third-order valence-corrected chi connectivity index (χ3v) is 4.48. The number of piperidine rings is 1. The van der Waals surface area contributed by atoms with Crippen LogP contribution >= 0.6 is 0 Å². The molecule has 8 heteroatoms. The molecule has 0 amide bonds. The maximum absolute atomic E-state index is 14.1. The predicted octanol–water partition coefficient (Wildman–Crippen LogP) is 2.69. The van der Waals surface area contributed by atoms with Gasteiger partial charge in [-0.15, -0.1) is 0 Å². The number of pyridine rings is 1. The lowest BCUT2D eigenvalue weighted by Crippen LogP contribution is -2.46. The fraction of sp³-hybridized carbons (Fsp3) is 0.421. The molecule has 1 aliphatic rings. The average Bonchev–Trinajstić information content (AvgIpc) is 3.07. The van der Waals surface area contributed by atoms with E-state index in [-0.39, 0.29) is 12.1 Å². The van der Waals surface area contributed by atoms with E-state index in [9.17, 15) is 4.39 Å². The Bertz CT molecular complexity index is 927. The van der Waals surface area contributed by atoms with Gasteiger partial charge in [-0.2, -0.15) is 0 Å². The Labute approximate surface area is 157 Å². The number of hydrogen-bond acceptors (Lipinski definition) is 6. The molecule has 1 aliphatic heterocycles. The monoisotopic (exact) mass is 370 g/mol. The van der Waals surface area contributed by atoms with Gasteiger partial charge in [0.05, 0.1) is 36.4 Å². The summed E-state index contributed by atoms with van der Waals surface area (Å²) < 4.78 is 21.7. The van der Waals surface area contributed by atoms with Crippen molar-refractivity contribution in [2.45, 2.75) is 38.6 Å². The Morgan fingerprint density at radius 1 is 1.33 bits per heavy atom. The highest BCUT2D eigenvalue weighted by Crippen LogP contribution is 2.23. The molecule has 142 valence electrons. The third kappa shape index (κ3) is 3.85. The summed E-state index contributed by atoms with van der Waals surface area (Å²) in [6.45, 7) is 5.24. The summed E-state index contributed by atoms with van der Waals surface area (Å²) in [4.78, 5) is 13.3. The van der Waals surface area contributed by atoms with Crippen LogP contribution < -0.4 is 15.4 Å². The molecule has 3 aromatic rings. The highest BCUT2D eigenvalue weighted by molar-refractivity contribution is 5.61. The lowest BCUT2D eigenvalue weighted by atomic mass is 10.1. The van der Waals surface area contributed by atoms with Crippen LogP contribution in [0.2, 0.25) is 0 Å². The van der Waals surface area contributed by atoms with Crippen molar-refractivity contribution >= 4 is 11.5 Å². The quantitative estimate of drug-likeness (QED) is 0.719. The zero-order chi connectivity index (χ0) is 18.8. The van der Waals surface area contributed by atoms with Gasteiger partial charge < -0.3 is 15.4 Å². The molecule has 2 atom stereocenters. The van der Waals surface area contributed by atoms with Crippen molar-refractivity contribution in [1.29, 1.82) is 0 Å². The summed E-state index contributed by atoms with van der Waals surface area (Å²) in [7, 11) is 0. The second-order valence-electron chi connectivity index (χ2n) is 6.95. The Balaban J connectivity index is 1.60. The largest absolute Gasteiger partial charge is 0.491 e. The number of anilines is 1. The van der Waals surface area contributed by atoms with Crippen LogP contribution in [-0.4, -0.2) is 50.8 Å². The van der Waals surface area contributed by atoms with Gasteiger partial charge in [-0.1, -0.05) is 0 Å². The molecular weight excluding hydrogens is 347 g/mol. The molecule has 4 rings (SSSR count). The van der Waals surface area contributed by atoms with Crippen LogP contribution in [0.3, 0.4) is 0 Å². The first-order valence-electron chi connectivity index (χ1n) is 9.17. The van der Waals surface area contributed by atoms with Crippen molar-refractivity contribution in [1.82, 2.24) is 24.7 Å². The van der Waals surface area contributed by atoms with Crippen LogP contribution in [0.5, 0.6) is 5.75 Å². The maximum atomic E-state index is 14.1. The Hall–Kier alpha value is -2.74. The van der Waals surface area contributed by atoms with E-state index in [4.69, 9.17) is 4.74 Å². The number of aromatic nitrogens is 4. The molecule has 1 fully saturated rings. The molecule has 0 bridgehead atoms. The molecule has 3 aromatic heterocycles. The zero-order valence-electron chi connectivity index (χ0n) is 15.4. The first kappa shape index (κ1) is 17.7. The molecule has 0 saturated carbocycles. The van der Waals surface area contributed by atoms with E-state index >= 15 is 0 Å². The first-order chi connectivity index (χ1) is 13.1. The topological polar surface area (TPSA) is 76.4 Å². The van der Waals surface area contributed by atoms with E-state index in [1.165, 1.54) is 0 Å². The summed E-state index contributed by atoms with van der Waals surface area (Å²) in [5.74, 6) is 1.33. The van der Waals surface area contributed by atoms with Gasteiger partial charge in [-0.25, -0.2) is 14.4 Å². The van der Waals surface area contributed by atoms with E-state index in [0.717, 1.165) is 17.1 Å². The Morgan fingerprint density at radius 3 is 3.04 bits per heavy atom. The second-order valence-corrected chi connectivity index (χ2v) is 6.95. The van der Waals surface area contributed by atoms with Crippen LogP contribution in [0.25, 0.3) is 17.0 Å². The number of hydrogen-bond donors (Lipinski definition) is 2. The molecule has 0 aromatic carbocycles. The van der Waals surface area contributed by atoms with Gasteiger partial charge in [0.2, 0.25) is 0 Å². The number of fused-ring (bicyclic) bond motifs is 1. The zero-order valence-corrected chi connectivity index (χ0v) is 15.4. The lowest BCUT2D eigenvalue weighted by molar-refractivity contribution is 0.241. The number of halogens is 1. The first-order valence-corrected chi connectivity index (χ1v) is 9.17. The minimum absolute atomic E-state index is 0.101. The number of nitrogens with zero attached hydrogens (tertiary/aromatic N) is 4. The van der Waals surface area contributed by atoms with Gasteiger partial charge in [0.15, 0.2) is 0 Å². The molecule has 2 N–H and O–H groups in total. The van der Waals surface area contributed by atoms with Crippen LogP contribution in [-0.2, 0) is 0 Å². The molecular formula is C19H23FN6O. The van der Waals surface area contributed by atoms with E-state index in [1.807, 2.05) is 36.6 Å². The molecule has 1 saturated heterocycles. The van der Waals surface area contributed by atoms with Crippen molar-refractivity contribution in [2.75, 3.05) is 18.4 Å². The Kier molecular flexibility index (Phi) is 4.89. The summed E-state index contributed by atoms with van der Waals surface area (Å²) in [6, 6.07) is 3.48. The van der Waals surface area contributed by atoms with Crippen LogP contribution in [0.1, 0.15) is 20.3 Å². The highest BCUT2D eigenvalue weighted by atomic mass is 19.1. The number of imidazole rings is 1. The molecule has 27 heavy (non-hydrogen) atoms. The van der Waals surface area contributed by atoms with Crippen molar-refractivity contribution in [3.05, 3.63) is 36.9 Å². The van der Waals surface area contributed by atoms with Crippen LogP contribution in [0.15, 0.2) is 36.9 Å². The lowest BCUT2D eigenvalue weighted by Gasteiger charge is -2.27. The Morgan fingerprint density at radius 2 is 2.22 bits per heavy atom. The predicted molar refractivity (Wildman–Crippen MR) is 102 cm³/mol. The standard InChI is InChI=1S/C19H23FN6O/c1-12(2)27-13-4-6-26-17(10-23-19(26)7-13)16-9-22-11-18(25-16)24-15-8-21-5-3-14(15)20/h4,6-7,9-12,14-15,21H,3,5,8H2,1-2H3,(H,24,25)/t14-,15-/m0/s1. The van der Waals surface area contributed by atoms with Crippen molar-refractivity contribution in [3.8, 4) is 17.1 Å². The van der Waals surface area contributed by atoms with Gasteiger partial charge in [0.1, 0.15) is 29.1 Å².